The normalized spacial score (nSPS) is 14.6. The van der Waals surface area contributed by atoms with Gasteiger partial charge in [0.05, 0.1) is 19.5 Å². The van der Waals surface area contributed by atoms with Crippen LogP contribution in [0.25, 0.3) is 0 Å². The lowest BCUT2D eigenvalue weighted by molar-refractivity contribution is -0.118. The molecular formula is C31H34F5N7O3S. The molecule has 0 heterocycles. The fourth-order valence-electron chi connectivity index (χ4n) is 5.28. The van der Waals surface area contributed by atoms with Crippen LogP contribution >= 0.6 is 0 Å². The molecule has 0 radical (unpaired) electrons. The van der Waals surface area contributed by atoms with E-state index in [0.717, 1.165) is 38.3 Å². The standard InChI is InChI=1S/C31H34F5N7O3S/c1-42(47(46)31-29(35)27(33)26(32)28(34)30(31)36)17-25(45)43(16-18-7-9-20(10-8-18)19-5-3-2-4-6-19)22-13-11-21(12-14-22)39-24(44)15-23(40-37)41-38/h7-14,19H,2-6,15-17,37-38H2,1H3,(H,39,44)(H,40,41). The molecule has 1 saturated carbocycles. The Kier molecular flexibility index (Phi) is 12.0. The molecule has 4 rings (SSSR count). The van der Waals surface area contributed by atoms with Gasteiger partial charge in [-0.2, -0.15) is 5.10 Å². The zero-order valence-corrected chi connectivity index (χ0v) is 26.2. The molecule has 16 heteroatoms. The van der Waals surface area contributed by atoms with Crippen molar-refractivity contribution < 1.29 is 35.8 Å². The van der Waals surface area contributed by atoms with Crippen molar-refractivity contribution in [2.24, 2.45) is 16.8 Å². The molecule has 252 valence electrons. The van der Waals surface area contributed by atoms with Crippen molar-refractivity contribution in [1.82, 2.24) is 9.73 Å². The van der Waals surface area contributed by atoms with E-state index in [1.54, 1.807) is 0 Å². The monoisotopic (exact) mass is 679 g/mol. The summed E-state index contributed by atoms with van der Waals surface area (Å²) in [6.07, 6.45) is 5.51. The van der Waals surface area contributed by atoms with Gasteiger partial charge in [0.2, 0.25) is 17.6 Å². The highest BCUT2D eigenvalue weighted by Crippen LogP contribution is 2.33. The maximum atomic E-state index is 14.4. The highest BCUT2D eigenvalue weighted by Gasteiger charge is 2.32. The maximum Gasteiger partial charge on any atom is 0.242 e. The highest BCUT2D eigenvalue weighted by atomic mass is 32.2. The van der Waals surface area contributed by atoms with Crippen molar-refractivity contribution in [2.75, 3.05) is 23.8 Å². The molecule has 0 aliphatic heterocycles. The van der Waals surface area contributed by atoms with Gasteiger partial charge in [0, 0.05) is 18.4 Å². The van der Waals surface area contributed by atoms with Crippen LogP contribution in [0.2, 0.25) is 0 Å². The third-order valence-electron chi connectivity index (χ3n) is 7.80. The summed E-state index contributed by atoms with van der Waals surface area (Å²) >= 11 is 0. The van der Waals surface area contributed by atoms with Gasteiger partial charge in [0.15, 0.2) is 23.3 Å². The predicted octanol–water partition coefficient (Wildman–Crippen LogP) is 4.68. The molecule has 1 aliphatic rings. The number of amidine groups is 1. The number of carbonyl (C=O) groups is 2. The quantitative estimate of drug-likeness (QED) is 0.0441. The fraction of sp³-hybridized carbons (Fsp3) is 0.323. The molecule has 0 aromatic heterocycles. The number of nitrogens with zero attached hydrogens (tertiary/aromatic N) is 3. The number of halogens is 5. The number of hydrazine groups is 1. The van der Waals surface area contributed by atoms with Crippen LogP contribution in [-0.2, 0) is 27.1 Å². The lowest BCUT2D eigenvalue weighted by Gasteiger charge is -2.26. The molecule has 2 amide bonds. The second kappa shape index (κ2) is 15.9. The first kappa shape index (κ1) is 35.4. The van der Waals surface area contributed by atoms with E-state index in [9.17, 15) is 35.8 Å². The SMILES string of the molecule is CN(CC(=O)N(Cc1ccc(C2CCCCC2)cc1)c1ccc(NC(=O)C/C(=N/N)NN)cc1)S(=O)c1c(F)c(F)c(F)c(F)c1F. The van der Waals surface area contributed by atoms with Crippen molar-refractivity contribution in [3.05, 3.63) is 88.7 Å². The number of carbonyl (C=O) groups excluding carboxylic acids is 2. The molecule has 6 N–H and O–H groups in total. The Bertz CT molecular complexity index is 1620. The van der Waals surface area contributed by atoms with Gasteiger partial charge >= 0.3 is 0 Å². The minimum atomic E-state index is -2.93. The van der Waals surface area contributed by atoms with Crippen LogP contribution in [0.15, 0.2) is 58.5 Å². The van der Waals surface area contributed by atoms with E-state index in [0.29, 0.717) is 21.6 Å². The first-order valence-corrected chi connectivity index (χ1v) is 15.7. The number of benzene rings is 3. The highest BCUT2D eigenvalue weighted by molar-refractivity contribution is 7.82. The zero-order chi connectivity index (χ0) is 34.2. The van der Waals surface area contributed by atoms with Crippen LogP contribution in [-0.4, -0.2) is 39.8 Å². The van der Waals surface area contributed by atoms with Crippen molar-refractivity contribution in [2.45, 2.75) is 55.9 Å². The Morgan fingerprint density at radius 3 is 2.02 bits per heavy atom. The minimum absolute atomic E-state index is 0.0248. The number of nitrogens with one attached hydrogen (secondary N) is 2. The van der Waals surface area contributed by atoms with Gasteiger partial charge in [-0.25, -0.2) is 36.3 Å². The number of hydrogen-bond acceptors (Lipinski definition) is 6. The van der Waals surface area contributed by atoms with E-state index in [1.165, 1.54) is 41.1 Å². The lowest BCUT2D eigenvalue weighted by atomic mass is 9.84. The summed E-state index contributed by atoms with van der Waals surface area (Å²) in [4.78, 5) is 25.7. The number of anilines is 2. The second-order valence-electron chi connectivity index (χ2n) is 11.0. The molecule has 0 bridgehead atoms. The number of amides is 2. The molecule has 47 heavy (non-hydrogen) atoms. The van der Waals surface area contributed by atoms with Crippen molar-refractivity contribution in [1.29, 1.82) is 0 Å². The van der Waals surface area contributed by atoms with Gasteiger partial charge in [0.25, 0.3) is 0 Å². The van der Waals surface area contributed by atoms with Gasteiger partial charge < -0.3 is 21.5 Å². The molecule has 1 atom stereocenters. The topological polar surface area (TPSA) is 146 Å². The Morgan fingerprint density at radius 2 is 1.47 bits per heavy atom. The summed E-state index contributed by atoms with van der Waals surface area (Å²) in [7, 11) is -1.88. The van der Waals surface area contributed by atoms with Gasteiger partial charge in [-0.3, -0.25) is 9.59 Å². The van der Waals surface area contributed by atoms with E-state index < -0.39 is 63.3 Å². The lowest BCUT2D eigenvalue weighted by Crippen LogP contribution is -2.39. The summed E-state index contributed by atoms with van der Waals surface area (Å²) in [6, 6.07) is 13.9. The molecule has 1 unspecified atom stereocenters. The molecule has 1 fully saturated rings. The maximum absolute atomic E-state index is 14.4. The number of hydrogen-bond donors (Lipinski definition) is 4. The fourth-order valence-corrected chi connectivity index (χ4v) is 6.31. The summed E-state index contributed by atoms with van der Waals surface area (Å²) < 4.78 is 83.6. The third kappa shape index (κ3) is 8.50. The number of hydrazone groups is 1. The van der Waals surface area contributed by atoms with Crippen LogP contribution < -0.4 is 27.3 Å². The molecule has 0 saturated heterocycles. The van der Waals surface area contributed by atoms with E-state index in [4.69, 9.17) is 11.7 Å². The first-order chi connectivity index (χ1) is 22.4. The Hall–Kier alpha value is -4.41. The molecule has 3 aromatic carbocycles. The predicted molar refractivity (Wildman–Crippen MR) is 167 cm³/mol. The third-order valence-corrected chi connectivity index (χ3v) is 9.20. The van der Waals surface area contributed by atoms with Crippen LogP contribution in [0.3, 0.4) is 0 Å². The molecule has 3 aromatic rings. The van der Waals surface area contributed by atoms with Crippen LogP contribution in [0.4, 0.5) is 33.3 Å². The number of likely N-dealkylation sites (N-methyl/N-ethyl adjacent to an activating group) is 1. The van der Waals surface area contributed by atoms with Gasteiger partial charge in [-0.15, -0.1) is 0 Å². The average molecular weight is 680 g/mol. The van der Waals surface area contributed by atoms with E-state index >= 15 is 0 Å². The zero-order valence-electron chi connectivity index (χ0n) is 25.4. The van der Waals surface area contributed by atoms with Gasteiger partial charge in [-0.05, 0) is 54.2 Å². The van der Waals surface area contributed by atoms with E-state index in [2.05, 4.69) is 15.8 Å². The Labute approximate surface area is 270 Å². The van der Waals surface area contributed by atoms with E-state index in [-0.39, 0.29) is 18.8 Å². The first-order valence-electron chi connectivity index (χ1n) is 14.6. The summed E-state index contributed by atoms with van der Waals surface area (Å²) in [5, 5.41) is 5.98. The molecule has 10 nitrogen and oxygen atoms in total. The van der Waals surface area contributed by atoms with E-state index in [1.807, 2.05) is 24.3 Å². The average Bonchev–Trinajstić information content (AvgIpc) is 3.08. The van der Waals surface area contributed by atoms with Crippen molar-refractivity contribution in [3.63, 3.8) is 0 Å². The van der Waals surface area contributed by atoms with Gasteiger partial charge in [-0.1, -0.05) is 43.5 Å². The largest absolute Gasteiger partial charge is 0.326 e. The van der Waals surface area contributed by atoms with Crippen LogP contribution in [0, 0.1) is 29.1 Å². The Balaban J connectivity index is 1.58. The second-order valence-corrected chi connectivity index (χ2v) is 12.5. The summed E-state index contributed by atoms with van der Waals surface area (Å²) in [6.45, 7) is -0.699. The van der Waals surface area contributed by atoms with Crippen LogP contribution in [0.5, 0.6) is 0 Å². The minimum Gasteiger partial charge on any atom is -0.326 e. The smallest absolute Gasteiger partial charge is 0.242 e. The van der Waals surface area contributed by atoms with Crippen molar-refractivity contribution in [3.8, 4) is 0 Å². The van der Waals surface area contributed by atoms with Gasteiger partial charge in [0.1, 0.15) is 21.7 Å². The summed E-state index contributed by atoms with van der Waals surface area (Å²) in [5.74, 6) is -1.66. The Morgan fingerprint density at radius 1 is 0.894 bits per heavy atom. The number of nitrogens with two attached hydrogens (primary N) is 2. The molecule has 1 aliphatic carbocycles. The summed E-state index contributed by atoms with van der Waals surface area (Å²) in [5.41, 5.74) is 4.83. The molecule has 0 spiro atoms. The van der Waals surface area contributed by atoms with Crippen LogP contribution in [0.1, 0.15) is 55.6 Å². The molecular weight excluding hydrogens is 645 g/mol. The van der Waals surface area contributed by atoms with Crippen molar-refractivity contribution >= 4 is 40.0 Å². The number of rotatable bonds is 11.